The van der Waals surface area contributed by atoms with E-state index in [4.69, 9.17) is 9.47 Å². The number of nitrogens with zero attached hydrogens (tertiary/aromatic N) is 3. The first-order valence-corrected chi connectivity index (χ1v) is 9.91. The Balaban J connectivity index is 1.44. The van der Waals surface area contributed by atoms with Crippen LogP contribution in [-0.2, 0) is 17.8 Å². The summed E-state index contributed by atoms with van der Waals surface area (Å²) in [7, 11) is 0. The minimum Gasteiger partial charge on any atom is -0.461 e. The average Bonchev–Trinajstić information content (AvgIpc) is 3.30. The molecule has 1 saturated heterocycles. The zero-order chi connectivity index (χ0) is 19.7. The quantitative estimate of drug-likeness (QED) is 0.576. The molecule has 150 valence electrons. The highest BCUT2D eigenvalue weighted by Crippen LogP contribution is 2.16. The van der Waals surface area contributed by atoms with Crippen LogP contribution in [0.1, 0.15) is 24.0 Å². The molecule has 1 aliphatic heterocycles. The third kappa shape index (κ3) is 5.89. The van der Waals surface area contributed by atoms with Crippen LogP contribution in [0.5, 0.6) is 6.01 Å². The third-order valence-corrected chi connectivity index (χ3v) is 4.62. The summed E-state index contributed by atoms with van der Waals surface area (Å²) >= 11 is 0. The summed E-state index contributed by atoms with van der Waals surface area (Å²) in [5.41, 5.74) is 2.29. The number of rotatable bonds is 9. The van der Waals surface area contributed by atoms with E-state index >= 15 is 0 Å². The van der Waals surface area contributed by atoms with Crippen molar-refractivity contribution in [3.05, 3.63) is 71.8 Å². The van der Waals surface area contributed by atoms with E-state index in [0.717, 1.165) is 30.6 Å². The van der Waals surface area contributed by atoms with E-state index in [1.165, 1.54) is 0 Å². The number of nitrogens with one attached hydrogen (secondary N) is 2. The van der Waals surface area contributed by atoms with E-state index in [1.54, 1.807) is 0 Å². The summed E-state index contributed by atoms with van der Waals surface area (Å²) < 4.78 is 11.4. The molecule has 1 unspecified atom stereocenters. The Bertz CT molecular complexity index is 824. The fourth-order valence-corrected chi connectivity index (χ4v) is 3.08. The van der Waals surface area contributed by atoms with Crippen LogP contribution in [0, 0.1) is 0 Å². The fourth-order valence-electron chi connectivity index (χ4n) is 3.08. The largest absolute Gasteiger partial charge is 0.461 e. The second-order valence-corrected chi connectivity index (χ2v) is 6.89. The molecule has 1 fully saturated rings. The van der Waals surface area contributed by atoms with Gasteiger partial charge in [0.15, 0.2) is 0 Å². The minimum atomic E-state index is 0.105. The van der Waals surface area contributed by atoms with E-state index in [2.05, 4.69) is 49.9 Å². The fraction of sp³-hybridized carbons (Fsp3) is 0.318. The monoisotopic (exact) mass is 391 g/mol. The Morgan fingerprint density at radius 3 is 1.93 bits per heavy atom. The van der Waals surface area contributed by atoms with Gasteiger partial charge in [0, 0.05) is 19.7 Å². The van der Waals surface area contributed by atoms with Crippen molar-refractivity contribution < 1.29 is 9.47 Å². The van der Waals surface area contributed by atoms with Crippen LogP contribution in [0.2, 0.25) is 0 Å². The molecule has 7 heteroatoms. The van der Waals surface area contributed by atoms with E-state index < -0.39 is 0 Å². The Hall–Kier alpha value is -3.19. The number of hydrogen-bond acceptors (Lipinski definition) is 7. The first-order valence-electron chi connectivity index (χ1n) is 9.91. The predicted octanol–water partition coefficient (Wildman–Crippen LogP) is 3.65. The first-order chi connectivity index (χ1) is 14.3. The Morgan fingerprint density at radius 2 is 1.41 bits per heavy atom. The van der Waals surface area contributed by atoms with Crippen molar-refractivity contribution in [1.82, 2.24) is 15.0 Å². The van der Waals surface area contributed by atoms with Crippen molar-refractivity contribution in [2.75, 3.05) is 23.8 Å². The zero-order valence-electron chi connectivity index (χ0n) is 16.3. The highest BCUT2D eigenvalue weighted by molar-refractivity contribution is 5.37. The maximum Gasteiger partial charge on any atom is 0.323 e. The Kier molecular flexibility index (Phi) is 6.49. The molecule has 0 amide bonds. The van der Waals surface area contributed by atoms with Crippen molar-refractivity contribution in [3.8, 4) is 6.01 Å². The molecule has 0 aliphatic carbocycles. The van der Waals surface area contributed by atoms with Crippen LogP contribution in [0.15, 0.2) is 60.7 Å². The summed E-state index contributed by atoms with van der Waals surface area (Å²) in [6, 6.07) is 20.5. The van der Waals surface area contributed by atoms with Crippen LogP contribution >= 0.6 is 0 Å². The molecule has 0 spiro atoms. The average molecular weight is 391 g/mol. The molecule has 2 heterocycles. The number of aromatic nitrogens is 3. The van der Waals surface area contributed by atoms with Gasteiger partial charge in [0.05, 0.1) is 6.10 Å². The lowest BCUT2D eigenvalue weighted by molar-refractivity contribution is 0.0645. The smallest absolute Gasteiger partial charge is 0.323 e. The Morgan fingerprint density at radius 1 is 0.828 bits per heavy atom. The van der Waals surface area contributed by atoms with Crippen molar-refractivity contribution in [1.29, 1.82) is 0 Å². The first kappa shape index (κ1) is 19.1. The van der Waals surface area contributed by atoms with Gasteiger partial charge in [-0.15, -0.1) is 0 Å². The SMILES string of the molecule is c1ccc(CNc2nc(NCc3ccccc3)nc(OCC3CCCO3)n2)cc1. The van der Waals surface area contributed by atoms with Gasteiger partial charge in [0.25, 0.3) is 0 Å². The van der Waals surface area contributed by atoms with E-state index in [0.29, 0.717) is 37.6 Å². The van der Waals surface area contributed by atoms with Gasteiger partial charge >= 0.3 is 6.01 Å². The van der Waals surface area contributed by atoms with Gasteiger partial charge in [-0.3, -0.25) is 0 Å². The summed E-state index contributed by atoms with van der Waals surface area (Å²) in [5.74, 6) is 0.948. The summed E-state index contributed by atoms with van der Waals surface area (Å²) in [5, 5.41) is 6.51. The molecular weight excluding hydrogens is 366 g/mol. The van der Waals surface area contributed by atoms with Crippen molar-refractivity contribution >= 4 is 11.9 Å². The second-order valence-electron chi connectivity index (χ2n) is 6.89. The van der Waals surface area contributed by atoms with Gasteiger partial charge in [-0.2, -0.15) is 15.0 Å². The molecule has 0 saturated carbocycles. The molecule has 1 atom stereocenters. The van der Waals surface area contributed by atoms with Gasteiger partial charge in [-0.1, -0.05) is 60.7 Å². The molecule has 0 radical (unpaired) electrons. The van der Waals surface area contributed by atoms with Gasteiger partial charge in [-0.25, -0.2) is 0 Å². The van der Waals surface area contributed by atoms with Gasteiger partial charge in [0.2, 0.25) is 11.9 Å². The zero-order valence-corrected chi connectivity index (χ0v) is 16.3. The topological polar surface area (TPSA) is 81.2 Å². The van der Waals surface area contributed by atoms with Gasteiger partial charge in [-0.05, 0) is 24.0 Å². The molecule has 29 heavy (non-hydrogen) atoms. The lowest BCUT2D eigenvalue weighted by Gasteiger charge is -2.13. The van der Waals surface area contributed by atoms with Gasteiger partial charge < -0.3 is 20.1 Å². The molecule has 7 nitrogen and oxygen atoms in total. The van der Waals surface area contributed by atoms with E-state index in [-0.39, 0.29) is 6.10 Å². The molecule has 4 rings (SSSR count). The molecule has 2 N–H and O–H groups in total. The molecule has 3 aromatic rings. The van der Waals surface area contributed by atoms with Gasteiger partial charge in [0.1, 0.15) is 6.61 Å². The van der Waals surface area contributed by atoms with E-state index in [9.17, 15) is 0 Å². The molecular formula is C22H25N5O2. The number of anilines is 2. The number of hydrogen-bond donors (Lipinski definition) is 2. The number of ether oxygens (including phenoxy) is 2. The normalized spacial score (nSPS) is 15.8. The lowest BCUT2D eigenvalue weighted by Crippen LogP contribution is -2.18. The molecule has 2 aromatic carbocycles. The standard InChI is InChI=1S/C22H25N5O2/c1-3-8-17(9-4-1)14-23-20-25-21(24-15-18-10-5-2-6-11-18)27-22(26-20)29-16-19-12-7-13-28-19/h1-6,8-11,19H,7,12-16H2,(H2,23,24,25,26,27). The highest BCUT2D eigenvalue weighted by atomic mass is 16.5. The number of benzene rings is 2. The molecule has 1 aliphatic rings. The predicted molar refractivity (Wildman–Crippen MR) is 112 cm³/mol. The van der Waals surface area contributed by atoms with Crippen LogP contribution < -0.4 is 15.4 Å². The van der Waals surface area contributed by atoms with Crippen LogP contribution in [0.25, 0.3) is 0 Å². The van der Waals surface area contributed by atoms with Crippen LogP contribution in [0.4, 0.5) is 11.9 Å². The van der Waals surface area contributed by atoms with Crippen LogP contribution in [0.3, 0.4) is 0 Å². The Labute approximate surface area is 170 Å². The molecule has 0 bridgehead atoms. The summed E-state index contributed by atoms with van der Waals surface area (Å²) in [4.78, 5) is 13.3. The summed E-state index contributed by atoms with van der Waals surface area (Å²) in [6.45, 7) is 2.47. The van der Waals surface area contributed by atoms with Crippen molar-refractivity contribution in [3.63, 3.8) is 0 Å². The van der Waals surface area contributed by atoms with Crippen LogP contribution in [-0.4, -0.2) is 34.3 Å². The maximum absolute atomic E-state index is 5.81. The second kappa shape index (κ2) is 9.84. The highest BCUT2D eigenvalue weighted by Gasteiger charge is 2.17. The maximum atomic E-state index is 5.81. The third-order valence-electron chi connectivity index (χ3n) is 4.62. The van der Waals surface area contributed by atoms with Crippen molar-refractivity contribution in [2.24, 2.45) is 0 Å². The molecule has 1 aromatic heterocycles. The minimum absolute atomic E-state index is 0.105. The van der Waals surface area contributed by atoms with Crippen molar-refractivity contribution in [2.45, 2.75) is 32.0 Å². The summed E-state index contributed by atoms with van der Waals surface area (Å²) in [6.07, 6.45) is 2.18. The lowest BCUT2D eigenvalue weighted by atomic mass is 10.2. The van der Waals surface area contributed by atoms with E-state index in [1.807, 2.05) is 36.4 Å².